The first-order valence-corrected chi connectivity index (χ1v) is 16.8. The topological polar surface area (TPSA) is 111 Å². The number of nitrogens with zero attached hydrogens (tertiary/aromatic N) is 4. The van der Waals surface area contributed by atoms with Crippen molar-refractivity contribution in [2.75, 3.05) is 17.0 Å². The average molecular weight is 715 g/mol. The summed E-state index contributed by atoms with van der Waals surface area (Å²) in [6.07, 6.45) is -2.71. The summed E-state index contributed by atoms with van der Waals surface area (Å²) in [7, 11) is 1.26. The number of alkyl halides is 3. The van der Waals surface area contributed by atoms with Gasteiger partial charge in [-0.2, -0.15) is 18.2 Å². The molecule has 51 heavy (non-hydrogen) atoms. The van der Waals surface area contributed by atoms with Gasteiger partial charge in [-0.15, -0.1) is 0 Å². The Morgan fingerprint density at radius 2 is 1.57 bits per heavy atom. The van der Waals surface area contributed by atoms with Gasteiger partial charge in [-0.05, 0) is 67.0 Å². The normalized spacial score (nSPS) is 27.4. The third-order valence-corrected chi connectivity index (χ3v) is 11.5. The van der Waals surface area contributed by atoms with E-state index in [4.69, 9.17) is 11.6 Å². The Hall–Kier alpha value is -5.23. The number of para-hydroxylation sites is 1. The second-order valence-electron chi connectivity index (χ2n) is 13.7. The predicted molar refractivity (Wildman–Crippen MR) is 181 cm³/mol. The molecule has 260 valence electrons. The maximum absolute atomic E-state index is 14.7. The summed E-state index contributed by atoms with van der Waals surface area (Å²) >= 11 is 6.27. The van der Waals surface area contributed by atoms with Crippen LogP contribution >= 0.6 is 11.6 Å². The first-order valence-electron chi connectivity index (χ1n) is 16.4. The van der Waals surface area contributed by atoms with Crippen molar-refractivity contribution in [3.8, 4) is 5.75 Å². The third-order valence-electron chi connectivity index (χ3n) is 11.2. The van der Waals surface area contributed by atoms with Gasteiger partial charge in [-0.3, -0.25) is 24.2 Å². The molecular weight excluding hydrogens is 685 g/mol. The number of halogens is 4. The Morgan fingerprint density at radius 3 is 2.27 bits per heavy atom. The van der Waals surface area contributed by atoms with Gasteiger partial charge in [0.1, 0.15) is 11.4 Å². The number of hydrazine groups is 1. The highest BCUT2D eigenvalue weighted by molar-refractivity contribution is 6.33. The lowest BCUT2D eigenvalue weighted by molar-refractivity contribution is -0.141. The first kappa shape index (κ1) is 32.9. The zero-order valence-corrected chi connectivity index (χ0v) is 28.0. The van der Waals surface area contributed by atoms with Gasteiger partial charge in [0.2, 0.25) is 11.8 Å². The number of carbonyl (C=O) groups excluding carboxylic acids is 4. The molecule has 3 fully saturated rings. The van der Waals surface area contributed by atoms with Crippen molar-refractivity contribution < 1.29 is 37.5 Å². The van der Waals surface area contributed by atoms with Crippen LogP contribution in [0.15, 0.2) is 90.5 Å². The molecule has 0 radical (unpaired) electrons. The van der Waals surface area contributed by atoms with Gasteiger partial charge in [0.25, 0.3) is 11.8 Å². The van der Waals surface area contributed by atoms with Crippen LogP contribution in [-0.2, 0) is 25.4 Å². The van der Waals surface area contributed by atoms with E-state index in [9.17, 15) is 37.5 Å². The molecular formula is C38H30ClF3N4O5. The van der Waals surface area contributed by atoms with Crippen LogP contribution in [0.25, 0.3) is 10.8 Å². The molecule has 0 spiro atoms. The molecule has 1 N–H and O–H groups in total. The number of aromatic nitrogens is 1. The molecule has 8 rings (SSSR count). The number of phenolic OH excluding ortho intramolecular Hbond substituents is 1. The first-order chi connectivity index (χ1) is 24.2. The Balaban J connectivity index is 1.26. The van der Waals surface area contributed by atoms with Crippen molar-refractivity contribution >= 4 is 57.5 Å². The summed E-state index contributed by atoms with van der Waals surface area (Å²) < 4.78 is 40.8. The number of aromatic hydroxyl groups is 1. The van der Waals surface area contributed by atoms with Crippen molar-refractivity contribution in [1.29, 1.82) is 0 Å². The van der Waals surface area contributed by atoms with Gasteiger partial charge >= 0.3 is 6.18 Å². The molecule has 2 saturated heterocycles. The van der Waals surface area contributed by atoms with E-state index in [2.05, 4.69) is 4.98 Å². The number of imide groups is 2. The van der Waals surface area contributed by atoms with E-state index in [1.807, 2.05) is 18.2 Å². The van der Waals surface area contributed by atoms with Crippen LogP contribution in [-0.4, -0.2) is 45.8 Å². The number of hydrogen-bond acceptors (Lipinski definition) is 7. The second-order valence-corrected chi connectivity index (χ2v) is 14.1. The van der Waals surface area contributed by atoms with Crippen molar-refractivity contribution in [3.05, 3.63) is 107 Å². The molecule has 0 bridgehead atoms. The Labute approximate surface area is 294 Å². The minimum atomic E-state index is -4.80. The summed E-state index contributed by atoms with van der Waals surface area (Å²) in [5.74, 6) is -6.63. The number of benzene rings is 3. The molecule has 2 aliphatic heterocycles. The van der Waals surface area contributed by atoms with Crippen molar-refractivity contribution in [1.82, 2.24) is 9.99 Å². The molecule has 9 nitrogen and oxygen atoms in total. The lowest BCUT2D eigenvalue weighted by Gasteiger charge is -2.49. The van der Waals surface area contributed by atoms with E-state index in [1.54, 1.807) is 61.5 Å². The van der Waals surface area contributed by atoms with Crippen LogP contribution in [0.1, 0.15) is 36.9 Å². The molecule has 1 saturated carbocycles. The van der Waals surface area contributed by atoms with Gasteiger partial charge in [-0.1, -0.05) is 71.8 Å². The fraction of sp³-hybridized carbons (Fsp3) is 0.289. The van der Waals surface area contributed by atoms with E-state index < -0.39 is 76.3 Å². The van der Waals surface area contributed by atoms with Crippen molar-refractivity contribution in [2.24, 2.45) is 29.1 Å². The van der Waals surface area contributed by atoms with Gasteiger partial charge < -0.3 is 5.11 Å². The van der Waals surface area contributed by atoms with Crippen LogP contribution in [0.5, 0.6) is 5.75 Å². The maximum atomic E-state index is 14.7. The quantitative estimate of drug-likeness (QED) is 0.181. The number of amides is 4. The third kappa shape index (κ3) is 4.65. The molecule has 3 aromatic carbocycles. The van der Waals surface area contributed by atoms with Gasteiger partial charge in [0.05, 0.1) is 33.9 Å². The van der Waals surface area contributed by atoms with Gasteiger partial charge in [-0.25, -0.2) is 9.88 Å². The highest BCUT2D eigenvalue weighted by atomic mass is 35.5. The summed E-state index contributed by atoms with van der Waals surface area (Å²) in [6.45, 7) is 1.78. The van der Waals surface area contributed by atoms with E-state index in [-0.39, 0.29) is 23.6 Å². The van der Waals surface area contributed by atoms with E-state index >= 15 is 0 Å². The number of pyridine rings is 1. The second kappa shape index (κ2) is 11.4. The molecule has 13 heteroatoms. The molecule has 6 unspecified atom stereocenters. The average Bonchev–Trinajstić information content (AvgIpc) is 3.48. The number of rotatable bonds is 4. The summed E-state index contributed by atoms with van der Waals surface area (Å²) in [5.41, 5.74) is -0.718. The minimum Gasteiger partial charge on any atom is -0.507 e. The molecule has 4 aromatic rings. The van der Waals surface area contributed by atoms with Crippen LogP contribution in [0.2, 0.25) is 5.02 Å². The lowest BCUT2D eigenvalue weighted by Crippen LogP contribution is -2.49. The molecule has 1 aromatic heterocycles. The molecule has 4 amide bonds. The number of phenols is 1. The number of anilines is 2. The van der Waals surface area contributed by atoms with E-state index in [0.717, 1.165) is 21.7 Å². The zero-order valence-electron chi connectivity index (χ0n) is 27.3. The lowest BCUT2D eigenvalue weighted by atomic mass is 9.51. The summed E-state index contributed by atoms with van der Waals surface area (Å²) in [6, 6.07) is 20.8. The maximum Gasteiger partial charge on any atom is 0.433 e. The molecule has 4 aliphatic rings. The largest absolute Gasteiger partial charge is 0.507 e. The number of fused-ring (bicyclic) bond motifs is 5. The standard InChI is InChI=1S/C38H30ClF3N4O5/c1-37-26(34(49)45(36(37)51)19-8-4-3-5-9-19)18-25-23(31(37)22-14-16-28(47)21-11-7-6-10-20(21)22)12-13-24-30(25)35(50)46(33(24)48)44(2)32-27(39)15-17-29(43-32)38(40,41)42/h3-12,14-17,24-26,30-31,47H,13,18H2,1-2H3. The highest BCUT2D eigenvalue weighted by Crippen LogP contribution is 2.64. The molecule has 2 aliphatic carbocycles. The highest BCUT2D eigenvalue weighted by Gasteiger charge is 2.68. The SMILES string of the molecule is CN(c1nc(C(F)(F)F)ccc1Cl)N1C(=O)C2CC=C3C(CC4C(=O)N(c5ccccc5)C(=O)C4(C)C3c3ccc(O)c4ccccc34)C2C1=O. The number of carbonyl (C=O) groups is 4. The van der Waals surface area contributed by atoms with E-state index in [1.165, 1.54) is 11.9 Å². The monoisotopic (exact) mass is 714 g/mol. The van der Waals surface area contributed by atoms with Crippen molar-refractivity contribution in [3.63, 3.8) is 0 Å². The molecule has 3 heterocycles. The fourth-order valence-corrected chi connectivity index (χ4v) is 9.16. The van der Waals surface area contributed by atoms with Gasteiger partial charge in [0, 0.05) is 18.4 Å². The molecule has 6 atom stereocenters. The van der Waals surface area contributed by atoms with E-state index in [0.29, 0.717) is 28.1 Å². The minimum absolute atomic E-state index is 0.0398. The Morgan fingerprint density at radius 1 is 0.882 bits per heavy atom. The van der Waals surface area contributed by atoms with Crippen LogP contribution in [0.3, 0.4) is 0 Å². The van der Waals surface area contributed by atoms with Crippen molar-refractivity contribution in [2.45, 2.75) is 31.9 Å². The fourth-order valence-electron chi connectivity index (χ4n) is 8.93. The Kier molecular flexibility index (Phi) is 7.36. The number of allylic oxidation sites excluding steroid dienone is 2. The number of hydrogen-bond donors (Lipinski definition) is 1. The summed E-state index contributed by atoms with van der Waals surface area (Å²) in [4.78, 5) is 62.5. The van der Waals surface area contributed by atoms with Crippen LogP contribution in [0.4, 0.5) is 24.7 Å². The van der Waals surface area contributed by atoms with Gasteiger partial charge in [0.15, 0.2) is 5.82 Å². The predicted octanol–water partition coefficient (Wildman–Crippen LogP) is 6.89. The Bertz CT molecular complexity index is 2210. The summed E-state index contributed by atoms with van der Waals surface area (Å²) in [5, 5.41) is 13.6. The smallest absolute Gasteiger partial charge is 0.433 e. The van der Waals surface area contributed by atoms with Crippen LogP contribution in [0, 0.1) is 29.1 Å². The van der Waals surface area contributed by atoms with Crippen LogP contribution < -0.4 is 9.91 Å². The zero-order chi connectivity index (χ0) is 36.1.